The molecule has 0 heterocycles. The number of hydrogen-bond acceptors (Lipinski definition) is 1. The van der Waals surface area contributed by atoms with Gasteiger partial charge < -0.3 is 10.6 Å². The fourth-order valence-corrected chi connectivity index (χ4v) is 3.09. The Balaban J connectivity index is 2.06. The van der Waals surface area contributed by atoms with Gasteiger partial charge in [0.2, 0.25) is 0 Å². The number of benzene rings is 2. The fourth-order valence-electron chi connectivity index (χ4n) is 2.63. The Labute approximate surface area is 153 Å². The summed E-state index contributed by atoms with van der Waals surface area (Å²) in [5.74, 6) is 0.322. The maximum Gasteiger partial charge on any atom is 0.282 e. The molecule has 2 aromatic carbocycles. The maximum absolute atomic E-state index is 12.5. The highest BCUT2D eigenvalue weighted by Crippen LogP contribution is 2.25. The van der Waals surface area contributed by atoms with Gasteiger partial charge >= 0.3 is 0 Å². The van der Waals surface area contributed by atoms with Crippen LogP contribution >= 0.6 is 23.2 Å². The van der Waals surface area contributed by atoms with Crippen LogP contribution in [0.4, 0.5) is 5.69 Å². The lowest BCUT2D eigenvalue weighted by molar-refractivity contribution is -0.718. The first kappa shape index (κ1) is 18.8. The molecule has 0 aromatic heterocycles. The monoisotopic (exact) mass is 365 g/mol. The van der Waals surface area contributed by atoms with Gasteiger partial charge in [-0.25, -0.2) is 0 Å². The Morgan fingerprint density at radius 3 is 2.29 bits per heavy atom. The van der Waals surface area contributed by atoms with Crippen LogP contribution in [-0.4, -0.2) is 11.9 Å². The minimum atomic E-state index is -0.246. The zero-order valence-electron chi connectivity index (χ0n) is 14.1. The smallest absolute Gasteiger partial charge is 0.282 e. The van der Waals surface area contributed by atoms with Crippen LogP contribution in [0.5, 0.6) is 0 Å². The molecular formula is C19H23Cl2N2O+. The van der Waals surface area contributed by atoms with E-state index in [-0.39, 0.29) is 18.0 Å². The van der Waals surface area contributed by atoms with Gasteiger partial charge in [0.25, 0.3) is 5.91 Å². The van der Waals surface area contributed by atoms with E-state index in [1.165, 1.54) is 5.56 Å². The summed E-state index contributed by atoms with van der Waals surface area (Å²) in [5.41, 5.74) is 1.80. The van der Waals surface area contributed by atoms with E-state index in [1.807, 2.05) is 25.1 Å². The summed E-state index contributed by atoms with van der Waals surface area (Å²) >= 11 is 12.0. The Kier molecular flexibility index (Phi) is 6.67. The van der Waals surface area contributed by atoms with Crippen LogP contribution in [0.2, 0.25) is 10.0 Å². The molecule has 128 valence electrons. The van der Waals surface area contributed by atoms with Gasteiger partial charge in [0, 0.05) is 16.5 Å². The van der Waals surface area contributed by atoms with Crippen molar-refractivity contribution < 1.29 is 10.1 Å². The first-order chi connectivity index (χ1) is 11.4. The second-order valence-electron chi connectivity index (χ2n) is 6.28. The molecular weight excluding hydrogens is 343 g/mol. The van der Waals surface area contributed by atoms with Crippen molar-refractivity contribution in [1.29, 1.82) is 0 Å². The summed E-state index contributed by atoms with van der Waals surface area (Å²) in [4.78, 5) is 12.5. The van der Waals surface area contributed by atoms with E-state index in [4.69, 9.17) is 23.2 Å². The van der Waals surface area contributed by atoms with Crippen LogP contribution in [0, 0.1) is 5.92 Å². The number of rotatable bonds is 6. The van der Waals surface area contributed by atoms with Gasteiger partial charge in [-0.05, 0) is 25.1 Å². The normalized spacial score (nSPS) is 13.6. The van der Waals surface area contributed by atoms with Gasteiger partial charge in [-0.3, -0.25) is 4.79 Å². The Bertz CT molecular complexity index is 689. The summed E-state index contributed by atoms with van der Waals surface area (Å²) in [6.45, 7) is 6.22. The lowest BCUT2D eigenvalue weighted by atomic mass is 9.95. The molecule has 0 saturated carbocycles. The van der Waals surface area contributed by atoms with Crippen molar-refractivity contribution in [3.63, 3.8) is 0 Å². The molecule has 0 saturated heterocycles. The van der Waals surface area contributed by atoms with E-state index in [2.05, 4.69) is 36.6 Å². The summed E-state index contributed by atoms with van der Waals surface area (Å²) < 4.78 is 0. The number of halogens is 2. The predicted molar refractivity (Wildman–Crippen MR) is 101 cm³/mol. The minimum absolute atomic E-state index is 0.0826. The van der Waals surface area contributed by atoms with Gasteiger partial charge in [-0.1, -0.05) is 67.4 Å². The summed E-state index contributed by atoms with van der Waals surface area (Å²) in [6, 6.07) is 15.3. The molecule has 3 N–H and O–H groups in total. The number of anilines is 1. The number of nitrogens with one attached hydrogen (secondary N) is 1. The van der Waals surface area contributed by atoms with Crippen molar-refractivity contribution in [2.24, 2.45) is 5.92 Å². The van der Waals surface area contributed by atoms with E-state index in [1.54, 1.807) is 18.2 Å². The van der Waals surface area contributed by atoms with Crippen LogP contribution in [0.3, 0.4) is 0 Å². The van der Waals surface area contributed by atoms with Gasteiger partial charge in [0.15, 0.2) is 6.04 Å². The molecule has 24 heavy (non-hydrogen) atoms. The molecule has 0 aliphatic heterocycles. The van der Waals surface area contributed by atoms with E-state index >= 15 is 0 Å². The highest BCUT2D eigenvalue weighted by atomic mass is 35.5. The lowest BCUT2D eigenvalue weighted by Gasteiger charge is -2.23. The van der Waals surface area contributed by atoms with Crippen LogP contribution in [0.25, 0.3) is 0 Å². The molecule has 0 aliphatic rings. The number of amides is 1. The van der Waals surface area contributed by atoms with Gasteiger partial charge in [-0.2, -0.15) is 0 Å². The van der Waals surface area contributed by atoms with Gasteiger partial charge in [0.1, 0.15) is 6.04 Å². The van der Waals surface area contributed by atoms with Crippen LogP contribution in [-0.2, 0) is 4.79 Å². The van der Waals surface area contributed by atoms with Gasteiger partial charge in [0.05, 0.1) is 10.7 Å². The number of carbonyl (C=O) groups excluding carboxylic acids is 1. The second kappa shape index (κ2) is 8.52. The van der Waals surface area contributed by atoms with Crippen molar-refractivity contribution in [2.75, 3.05) is 5.32 Å². The SMILES string of the molecule is CC(C)[C@H]([NH2+][C@@H](C)C(=O)Nc1ccc(Cl)cc1Cl)c1ccccc1. The maximum atomic E-state index is 12.5. The highest BCUT2D eigenvalue weighted by Gasteiger charge is 2.26. The van der Waals surface area contributed by atoms with Crippen molar-refractivity contribution >= 4 is 34.8 Å². The molecule has 2 rings (SSSR count). The van der Waals surface area contributed by atoms with Crippen molar-refractivity contribution in [3.05, 3.63) is 64.1 Å². The summed E-state index contributed by atoms with van der Waals surface area (Å²) in [7, 11) is 0. The Morgan fingerprint density at radius 1 is 1.04 bits per heavy atom. The zero-order chi connectivity index (χ0) is 17.7. The van der Waals surface area contributed by atoms with E-state index < -0.39 is 0 Å². The average molecular weight is 366 g/mol. The first-order valence-electron chi connectivity index (χ1n) is 8.04. The van der Waals surface area contributed by atoms with E-state index in [0.29, 0.717) is 21.7 Å². The molecule has 1 amide bonds. The molecule has 3 nitrogen and oxygen atoms in total. The number of quaternary nitrogens is 1. The molecule has 2 aromatic rings. The molecule has 5 heteroatoms. The first-order valence-corrected chi connectivity index (χ1v) is 8.80. The second-order valence-corrected chi connectivity index (χ2v) is 7.12. The van der Waals surface area contributed by atoms with Crippen molar-refractivity contribution in [3.8, 4) is 0 Å². The van der Waals surface area contributed by atoms with E-state index in [9.17, 15) is 4.79 Å². The Hall–Kier alpha value is -1.55. The molecule has 0 spiro atoms. The number of nitrogens with two attached hydrogens (primary N) is 1. The molecule has 0 aliphatic carbocycles. The largest absolute Gasteiger partial charge is 0.330 e. The number of hydrogen-bond donors (Lipinski definition) is 2. The fraction of sp³-hybridized carbons (Fsp3) is 0.316. The summed E-state index contributed by atoms with van der Waals surface area (Å²) in [5, 5.41) is 5.95. The molecule has 0 unspecified atom stereocenters. The topological polar surface area (TPSA) is 45.7 Å². The molecule has 2 atom stereocenters. The third-order valence-electron chi connectivity index (χ3n) is 4.00. The van der Waals surface area contributed by atoms with Gasteiger partial charge in [-0.15, -0.1) is 0 Å². The van der Waals surface area contributed by atoms with E-state index in [0.717, 1.165) is 0 Å². The zero-order valence-corrected chi connectivity index (χ0v) is 15.6. The minimum Gasteiger partial charge on any atom is -0.330 e. The lowest BCUT2D eigenvalue weighted by Crippen LogP contribution is -2.93. The summed E-state index contributed by atoms with van der Waals surface area (Å²) in [6.07, 6.45) is 0. The third kappa shape index (κ3) is 4.97. The number of carbonyl (C=O) groups is 1. The van der Waals surface area contributed by atoms with Crippen LogP contribution in [0.15, 0.2) is 48.5 Å². The third-order valence-corrected chi connectivity index (χ3v) is 4.55. The Morgan fingerprint density at radius 2 is 1.71 bits per heavy atom. The quantitative estimate of drug-likeness (QED) is 0.788. The van der Waals surface area contributed by atoms with Crippen LogP contribution in [0.1, 0.15) is 32.4 Å². The highest BCUT2D eigenvalue weighted by molar-refractivity contribution is 6.36. The average Bonchev–Trinajstić information content (AvgIpc) is 2.55. The van der Waals surface area contributed by atoms with Crippen molar-refractivity contribution in [1.82, 2.24) is 0 Å². The van der Waals surface area contributed by atoms with Crippen molar-refractivity contribution in [2.45, 2.75) is 32.9 Å². The van der Waals surface area contributed by atoms with Crippen LogP contribution < -0.4 is 10.6 Å². The molecule has 0 radical (unpaired) electrons. The standard InChI is InChI=1S/C19H22Cl2N2O/c1-12(2)18(14-7-5-4-6-8-14)22-13(3)19(24)23-17-10-9-15(20)11-16(17)21/h4-13,18,22H,1-3H3,(H,23,24)/p+1/t13-,18-/m0/s1. The predicted octanol–water partition coefficient (Wildman–Crippen LogP) is 4.28. The molecule has 0 fully saturated rings. The molecule has 0 bridgehead atoms.